The molecule has 5 heteroatoms. The fourth-order valence-electron chi connectivity index (χ4n) is 1.77. The lowest BCUT2D eigenvalue weighted by molar-refractivity contribution is 0.568. The fraction of sp³-hybridized carbons (Fsp3) is 0.500. The summed E-state index contributed by atoms with van der Waals surface area (Å²) in [7, 11) is 1.97. The van der Waals surface area contributed by atoms with Crippen molar-refractivity contribution in [1.29, 1.82) is 0 Å². The van der Waals surface area contributed by atoms with Crippen LogP contribution in [-0.2, 0) is 6.42 Å². The van der Waals surface area contributed by atoms with Gasteiger partial charge in [-0.3, -0.25) is 0 Å². The highest BCUT2D eigenvalue weighted by Crippen LogP contribution is 2.34. The van der Waals surface area contributed by atoms with Crippen LogP contribution in [0.15, 0.2) is 11.4 Å². The molecule has 2 aromatic rings. The zero-order valence-corrected chi connectivity index (χ0v) is 12.0. The van der Waals surface area contributed by atoms with Gasteiger partial charge in [0.25, 0.3) is 0 Å². The molecule has 2 heterocycles. The quantitative estimate of drug-likeness (QED) is 0.901. The summed E-state index contributed by atoms with van der Waals surface area (Å²) in [4.78, 5) is 1.28. The summed E-state index contributed by atoms with van der Waals surface area (Å²) in [5, 5.41) is 16.2. The van der Waals surface area contributed by atoms with Crippen LogP contribution >= 0.6 is 22.7 Å². The van der Waals surface area contributed by atoms with E-state index in [1.54, 1.807) is 22.7 Å². The van der Waals surface area contributed by atoms with E-state index in [-0.39, 0.29) is 0 Å². The van der Waals surface area contributed by atoms with Gasteiger partial charge in [-0.15, -0.1) is 21.5 Å². The van der Waals surface area contributed by atoms with Crippen LogP contribution in [-0.4, -0.2) is 17.2 Å². The van der Waals surface area contributed by atoms with E-state index in [1.807, 2.05) is 7.05 Å². The fourth-order valence-corrected chi connectivity index (χ4v) is 3.93. The lowest BCUT2D eigenvalue weighted by atomic mass is 10.2. The third-order valence-corrected chi connectivity index (χ3v) is 4.96. The van der Waals surface area contributed by atoms with E-state index in [1.165, 1.54) is 10.4 Å². The first-order valence-corrected chi connectivity index (χ1v) is 7.57. The third kappa shape index (κ3) is 2.56. The summed E-state index contributed by atoms with van der Waals surface area (Å²) < 4.78 is 0. The van der Waals surface area contributed by atoms with E-state index < -0.39 is 0 Å². The van der Waals surface area contributed by atoms with Crippen LogP contribution in [0, 0.1) is 0 Å². The SMILES string of the molecule is CCc1ccsc1-c1nnc(C(CC)NC)s1. The second kappa shape index (κ2) is 5.71. The van der Waals surface area contributed by atoms with Gasteiger partial charge < -0.3 is 5.32 Å². The van der Waals surface area contributed by atoms with E-state index in [0.717, 1.165) is 22.9 Å². The van der Waals surface area contributed by atoms with E-state index in [0.29, 0.717) is 6.04 Å². The molecule has 17 heavy (non-hydrogen) atoms. The minimum atomic E-state index is 0.325. The van der Waals surface area contributed by atoms with Crippen molar-refractivity contribution in [3.63, 3.8) is 0 Å². The van der Waals surface area contributed by atoms with Crippen LogP contribution < -0.4 is 5.32 Å². The standard InChI is InChI=1S/C12H17N3S2/c1-4-8-6-7-16-10(8)12-15-14-11(17-12)9(5-2)13-3/h6-7,9,13H,4-5H2,1-3H3. The summed E-state index contributed by atoms with van der Waals surface area (Å²) >= 11 is 3.46. The van der Waals surface area contributed by atoms with Gasteiger partial charge >= 0.3 is 0 Å². The Morgan fingerprint density at radius 3 is 2.82 bits per heavy atom. The molecule has 0 radical (unpaired) electrons. The summed E-state index contributed by atoms with van der Waals surface area (Å²) in [6.07, 6.45) is 2.09. The van der Waals surface area contributed by atoms with Gasteiger partial charge in [0.15, 0.2) is 5.01 Å². The van der Waals surface area contributed by atoms with Crippen molar-refractivity contribution < 1.29 is 0 Å². The first kappa shape index (κ1) is 12.7. The van der Waals surface area contributed by atoms with E-state index in [4.69, 9.17) is 0 Å². The van der Waals surface area contributed by atoms with Crippen molar-refractivity contribution in [2.24, 2.45) is 0 Å². The number of aryl methyl sites for hydroxylation is 1. The molecule has 0 aromatic carbocycles. The van der Waals surface area contributed by atoms with Crippen LogP contribution in [0.4, 0.5) is 0 Å². The molecular weight excluding hydrogens is 250 g/mol. The molecule has 0 spiro atoms. The molecule has 0 bridgehead atoms. The normalized spacial score (nSPS) is 12.9. The van der Waals surface area contributed by atoms with Crippen LogP contribution in [0.25, 0.3) is 9.88 Å². The highest BCUT2D eigenvalue weighted by atomic mass is 32.1. The number of nitrogens with one attached hydrogen (secondary N) is 1. The van der Waals surface area contributed by atoms with Crippen LogP contribution in [0.5, 0.6) is 0 Å². The lowest BCUT2D eigenvalue weighted by Gasteiger charge is -2.07. The average molecular weight is 267 g/mol. The first-order chi connectivity index (χ1) is 8.30. The lowest BCUT2D eigenvalue weighted by Crippen LogP contribution is -2.14. The van der Waals surface area contributed by atoms with Crippen LogP contribution in [0.2, 0.25) is 0 Å². The Labute approximate surface area is 110 Å². The average Bonchev–Trinajstić information content (AvgIpc) is 2.98. The molecule has 0 saturated carbocycles. The molecular formula is C12H17N3S2. The monoisotopic (exact) mass is 267 g/mol. The minimum absolute atomic E-state index is 0.325. The molecule has 92 valence electrons. The predicted molar refractivity (Wildman–Crippen MR) is 74.7 cm³/mol. The molecule has 0 aliphatic rings. The van der Waals surface area contributed by atoms with Crippen molar-refractivity contribution in [3.05, 3.63) is 22.0 Å². The van der Waals surface area contributed by atoms with Gasteiger partial charge in [-0.05, 0) is 36.9 Å². The maximum Gasteiger partial charge on any atom is 0.158 e. The maximum absolute atomic E-state index is 4.32. The van der Waals surface area contributed by atoms with Crippen molar-refractivity contribution >= 4 is 22.7 Å². The number of hydrogen-bond acceptors (Lipinski definition) is 5. The van der Waals surface area contributed by atoms with E-state index in [2.05, 4.69) is 40.8 Å². The van der Waals surface area contributed by atoms with E-state index in [9.17, 15) is 0 Å². The Balaban J connectivity index is 2.29. The molecule has 0 amide bonds. The highest BCUT2D eigenvalue weighted by molar-refractivity contribution is 7.21. The molecule has 0 aliphatic heterocycles. The smallest absolute Gasteiger partial charge is 0.158 e. The Hall–Kier alpha value is -0.780. The minimum Gasteiger partial charge on any atom is -0.311 e. The first-order valence-electron chi connectivity index (χ1n) is 5.87. The predicted octanol–water partition coefficient (Wildman–Crippen LogP) is 3.50. The van der Waals surface area contributed by atoms with Crippen molar-refractivity contribution in [2.75, 3.05) is 7.05 Å². The number of thiophene rings is 1. The molecule has 3 nitrogen and oxygen atoms in total. The number of hydrogen-bond donors (Lipinski definition) is 1. The number of rotatable bonds is 5. The number of aromatic nitrogens is 2. The largest absolute Gasteiger partial charge is 0.311 e. The van der Waals surface area contributed by atoms with Gasteiger partial charge in [-0.25, -0.2) is 0 Å². The summed E-state index contributed by atoms with van der Waals surface area (Å²) in [5.41, 5.74) is 1.37. The van der Waals surface area contributed by atoms with Crippen LogP contribution in [0.3, 0.4) is 0 Å². The molecule has 0 saturated heterocycles. The highest BCUT2D eigenvalue weighted by Gasteiger charge is 2.16. The zero-order valence-electron chi connectivity index (χ0n) is 10.4. The Kier molecular flexibility index (Phi) is 4.25. The molecule has 2 aromatic heterocycles. The molecule has 2 rings (SSSR count). The Bertz CT molecular complexity index is 472. The van der Waals surface area contributed by atoms with E-state index >= 15 is 0 Å². The van der Waals surface area contributed by atoms with Gasteiger partial charge in [-0.1, -0.05) is 25.2 Å². The zero-order chi connectivity index (χ0) is 12.3. The second-order valence-corrected chi connectivity index (χ2v) is 5.75. The van der Waals surface area contributed by atoms with Gasteiger partial charge in [0.2, 0.25) is 0 Å². The molecule has 1 atom stereocenters. The maximum atomic E-state index is 4.32. The topological polar surface area (TPSA) is 37.8 Å². The van der Waals surface area contributed by atoms with Gasteiger partial charge in [0.05, 0.1) is 10.9 Å². The van der Waals surface area contributed by atoms with Crippen molar-refractivity contribution in [3.8, 4) is 9.88 Å². The molecule has 0 aliphatic carbocycles. The van der Waals surface area contributed by atoms with Gasteiger partial charge in [0, 0.05) is 0 Å². The van der Waals surface area contributed by atoms with Crippen LogP contribution in [0.1, 0.15) is 36.9 Å². The van der Waals surface area contributed by atoms with Crippen molar-refractivity contribution in [2.45, 2.75) is 32.7 Å². The van der Waals surface area contributed by atoms with Gasteiger partial charge in [0.1, 0.15) is 5.01 Å². The second-order valence-electron chi connectivity index (χ2n) is 3.82. The Morgan fingerprint density at radius 1 is 1.35 bits per heavy atom. The molecule has 1 unspecified atom stereocenters. The Morgan fingerprint density at radius 2 is 2.18 bits per heavy atom. The van der Waals surface area contributed by atoms with Crippen molar-refractivity contribution in [1.82, 2.24) is 15.5 Å². The molecule has 0 fully saturated rings. The summed E-state index contributed by atoms with van der Waals surface area (Å²) in [6.45, 7) is 4.33. The molecule has 1 N–H and O–H groups in total. The number of nitrogens with zero attached hydrogens (tertiary/aromatic N) is 2. The summed E-state index contributed by atoms with van der Waals surface area (Å²) in [5.74, 6) is 0. The third-order valence-electron chi connectivity index (χ3n) is 2.82. The summed E-state index contributed by atoms with van der Waals surface area (Å²) in [6, 6.07) is 2.50. The van der Waals surface area contributed by atoms with Gasteiger partial charge in [-0.2, -0.15) is 0 Å².